The van der Waals surface area contributed by atoms with E-state index in [4.69, 9.17) is 5.11 Å². The molecular weight excluding hydrogens is 162 g/mol. The molecule has 0 aliphatic rings. The first-order chi connectivity index (χ1) is 6.43. The van der Waals surface area contributed by atoms with Gasteiger partial charge >= 0.3 is 0 Å². The summed E-state index contributed by atoms with van der Waals surface area (Å²) in [4.78, 5) is 3.94. The molecule has 1 aromatic rings. The van der Waals surface area contributed by atoms with E-state index in [0.29, 0.717) is 6.54 Å². The first-order valence-electron chi connectivity index (χ1n) is 4.26. The summed E-state index contributed by atoms with van der Waals surface area (Å²) >= 11 is 0. The van der Waals surface area contributed by atoms with Crippen molar-refractivity contribution in [1.82, 2.24) is 0 Å². The molecule has 2 heteroatoms. The summed E-state index contributed by atoms with van der Waals surface area (Å²) in [5.41, 5.74) is 1.15. The molecule has 2 nitrogen and oxygen atoms in total. The molecule has 0 saturated carbocycles. The van der Waals surface area contributed by atoms with Crippen LogP contribution in [0.3, 0.4) is 0 Å². The molecule has 1 aromatic carbocycles. The minimum Gasteiger partial charge on any atom is -0.394 e. The predicted octanol–water partition coefficient (Wildman–Crippen LogP) is 1.76. The van der Waals surface area contributed by atoms with E-state index in [0.717, 1.165) is 5.56 Å². The summed E-state index contributed by atoms with van der Waals surface area (Å²) < 4.78 is 0. The maximum absolute atomic E-state index is 8.44. The molecule has 0 aromatic heterocycles. The Hall–Kier alpha value is -1.41. The topological polar surface area (TPSA) is 32.6 Å². The number of allylic oxidation sites excluding steroid dienone is 1. The van der Waals surface area contributed by atoms with Crippen LogP contribution in [0.25, 0.3) is 6.08 Å². The second-order valence-corrected chi connectivity index (χ2v) is 2.55. The predicted molar refractivity (Wildman–Crippen MR) is 55.9 cm³/mol. The van der Waals surface area contributed by atoms with Crippen molar-refractivity contribution >= 4 is 12.3 Å². The molecule has 0 unspecified atom stereocenters. The van der Waals surface area contributed by atoms with Gasteiger partial charge in [0.1, 0.15) is 0 Å². The van der Waals surface area contributed by atoms with Crippen LogP contribution in [0.2, 0.25) is 0 Å². The van der Waals surface area contributed by atoms with E-state index < -0.39 is 0 Å². The van der Waals surface area contributed by atoms with Crippen LogP contribution >= 0.6 is 0 Å². The Balaban J connectivity index is 2.41. The molecule has 0 amide bonds. The Morgan fingerprint density at radius 3 is 2.69 bits per heavy atom. The normalized spacial score (nSPS) is 11.5. The second kappa shape index (κ2) is 6.14. The van der Waals surface area contributed by atoms with E-state index in [1.165, 1.54) is 0 Å². The van der Waals surface area contributed by atoms with E-state index in [2.05, 4.69) is 4.99 Å². The highest BCUT2D eigenvalue weighted by atomic mass is 16.3. The minimum absolute atomic E-state index is 0.107. The molecule has 0 spiro atoms. The van der Waals surface area contributed by atoms with Crippen molar-refractivity contribution in [1.29, 1.82) is 0 Å². The summed E-state index contributed by atoms with van der Waals surface area (Å²) in [6, 6.07) is 10.0. The molecular formula is C11H13NO. The number of benzene rings is 1. The van der Waals surface area contributed by atoms with Gasteiger partial charge in [-0.15, -0.1) is 0 Å². The van der Waals surface area contributed by atoms with Crippen molar-refractivity contribution in [3.05, 3.63) is 42.0 Å². The van der Waals surface area contributed by atoms with Crippen LogP contribution in [-0.2, 0) is 0 Å². The fraction of sp³-hybridized carbons (Fsp3) is 0.182. The van der Waals surface area contributed by atoms with Crippen LogP contribution in [0.5, 0.6) is 0 Å². The standard InChI is InChI=1S/C11H13NO/c13-10-9-12-8-4-7-11-5-2-1-3-6-11/h1-8,13H,9-10H2. The molecule has 68 valence electrons. The van der Waals surface area contributed by atoms with Gasteiger partial charge in [-0.05, 0) is 11.6 Å². The number of rotatable bonds is 4. The van der Waals surface area contributed by atoms with Gasteiger partial charge in [-0.25, -0.2) is 0 Å². The highest BCUT2D eigenvalue weighted by Crippen LogP contribution is 1.99. The lowest BCUT2D eigenvalue weighted by atomic mass is 10.2. The lowest BCUT2D eigenvalue weighted by molar-refractivity contribution is 0.307. The maximum atomic E-state index is 8.44. The van der Waals surface area contributed by atoms with Crippen LogP contribution in [0.1, 0.15) is 5.56 Å². The molecule has 0 aliphatic carbocycles. The number of aliphatic hydroxyl groups is 1. The highest BCUT2D eigenvalue weighted by Gasteiger charge is 1.79. The average molecular weight is 175 g/mol. The summed E-state index contributed by atoms with van der Waals surface area (Å²) in [6.45, 7) is 0.578. The third-order valence-electron chi connectivity index (χ3n) is 1.51. The van der Waals surface area contributed by atoms with Gasteiger partial charge < -0.3 is 5.11 Å². The van der Waals surface area contributed by atoms with Crippen LogP contribution in [0.4, 0.5) is 0 Å². The van der Waals surface area contributed by atoms with Crippen LogP contribution in [-0.4, -0.2) is 24.5 Å². The van der Waals surface area contributed by atoms with Gasteiger partial charge in [0, 0.05) is 6.21 Å². The Kier molecular flexibility index (Phi) is 4.57. The Morgan fingerprint density at radius 2 is 2.00 bits per heavy atom. The van der Waals surface area contributed by atoms with Gasteiger partial charge in [0.2, 0.25) is 0 Å². The van der Waals surface area contributed by atoms with Gasteiger partial charge in [0.15, 0.2) is 0 Å². The molecule has 1 N–H and O–H groups in total. The first-order valence-corrected chi connectivity index (χ1v) is 4.26. The summed E-state index contributed by atoms with van der Waals surface area (Å²) in [5, 5.41) is 8.44. The number of hydrogen-bond donors (Lipinski definition) is 1. The molecule has 1 rings (SSSR count). The Labute approximate surface area is 78.3 Å². The quantitative estimate of drug-likeness (QED) is 0.695. The van der Waals surface area contributed by atoms with Gasteiger partial charge in [-0.1, -0.05) is 36.4 Å². The molecule has 0 bridgehead atoms. The van der Waals surface area contributed by atoms with Crippen LogP contribution in [0.15, 0.2) is 41.4 Å². The number of aliphatic hydroxyl groups excluding tert-OH is 1. The van der Waals surface area contributed by atoms with E-state index in [9.17, 15) is 0 Å². The first kappa shape index (κ1) is 9.68. The van der Waals surface area contributed by atoms with Crippen LogP contribution < -0.4 is 0 Å². The highest BCUT2D eigenvalue weighted by molar-refractivity contribution is 5.78. The third kappa shape index (κ3) is 4.23. The van der Waals surface area contributed by atoms with Crippen molar-refractivity contribution < 1.29 is 5.11 Å². The summed E-state index contributed by atoms with van der Waals surface area (Å²) in [7, 11) is 0. The Morgan fingerprint density at radius 1 is 1.23 bits per heavy atom. The SMILES string of the molecule is OCCN=CC=Cc1ccccc1. The lowest BCUT2D eigenvalue weighted by Gasteiger charge is -1.88. The largest absolute Gasteiger partial charge is 0.394 e. The number of aliphatic imine (C=N–C) groups is 1. The fourth-order valence-electron chi connectivity index (χ4n) is 0.911. The molecule has 0 saturated heterocycles. The fourth-order valence-corrected chi connectivity index (χ4v) is 0.911. The summed E-state index contributed by atoms with van der Waals surface area (Å²) in [6.07, 6.45) is 5.54. The monoisotopic (exact) mass is 175 g/mol. The van der Waals surface area contributed by atoms with Gasteiger partial charge in [0.05, 0.1) is 13.2 Å². The van der Waals surface area contributed by atoms with E-state index in [1.54, 1.807) is 6.21 Å². The zero-order valence-electron chi connectivity index (χ0n) is 7.43. The number of nitrogens with zero attached hydrogens (tertiary/aromatic N) is 1. The third-order valence-corrected chi connectivity index (χ3v) is 1.51. The molecule has 13 heavy (non-hydrogen) atoms. The zero-order valence-corrected chi connectivity index (χ0v) is 7.43. The van der Waals surface area contributed by atoms with E-state index in [-0.39, 0.29) is 6.61 Å². The second-order valence-electron chi connectivity index (χ2n) is 2.55. The molecule has 0 heterocycles. The molecule has 0 atom stereocenters. The molecule has 0 radical (unpaired) electrons. The summed E-state index contributed by atoms with van der Waals surface area (Å²) in [5.74, 6) is 0. The van der Waals surface area contributed by atoms with Crippen molar-refractivity contribution in [2.45, 2.75) is 0 Å². The molecule has 0 aliphatic heterocycles. The maximum Gasteiger partial charge on any atom is 0.0626 e. The van der Waals surface area contributed by atoms with Crippen molar-refractivity contribution in [2.24, 2.45) is 4.99 Å². The van der Waals surface area contributed by atoms with Gasteiger partial charge in [0.25, 0.3) is 0 Å². The van der Waals surface area contributed by atoms with Crippen molar-refractivity contribution in [2.75, 3.05) is 13.2 Å². The van der Waals surface area contributed by atoms with Gasteiger partial charge in [-0.3, -0.25) is 4.99 Å². The Bertz CT molecular complexity index is 277. The average Bonchev–Trinajstić information content (AvgIpc) is 2.19. The minimum atomic E-state index is 0.107. The number of hydrogen-bond acceptors (Lipinski definition) is 2. The lowest BCUT2D eigenvalue weighted by Crippen LogP contribution is -1.85. The van der Waals surface area contributed by atoms with E-state index >= 15 is 0 Å². The van der Waals surface area contributed by atoms with Crippen molar-refractivity contribution in [3.63, 3.8) is 0 Å². The van der Waals surface area contributed by atoms with E-state index in [1.807, 2.05) is 42.5 Å². The van der Waals surface area contributed by atoms with Gasteiger partial charge in [-0.2, -0.15) is 0 Å². The van der Waals surface area contributed by atoms with Crippen LogP contribution in [0, 0.1) is 0 Å². The molecule has 0 fully saturated rings. The van der Waals surface area contributed by atoms with Crippen molar-refractivity contribution in [3.8, 4) is 0 Å². The smallest absolute Gasteiger partial charge is 0.0626 e. The zero-order chi connectivity index (χ0) is 9.36.